The molecule has 2 aromatic heterocycles. The van der Waals surface area contributed by atoms with Crippen LogP contribution >= 0.6 is 0 Å². The van der Waals surface area contributed by atoms with E-state index in [0.29, 0.717) is 18.2 Å². The molecule has 0 amide bonds. The second-order valence-corrected chi connectivity index (χ2v) is 7.44. The fourth-order valence-corrected chi connectivity index (χ4v) is 3.59. The zero-order valence-electron chi connectivity index (χ0n) is 16.4. The third kappa shape index (κ3) is 3.82. The first kappa shape index (κ1) is 18.6. The van der Waals surface area contributed by atoms with Crippen LogP contribution in [0.3, 0.4) is 0 Å². The number of hydrogen-bond donors (Lipinski definition) is 0. The van der Waals surface area contributed by atoms with Crippen LogP contribution < -0.4 is 0 Å². The Balaban J connectivity index is 1.86. The SMILES string of the molecule is CCOC(=O)c1nn(CC(C)C)c2c1CN(Cc1cn(C)nc1C)CC2. The van der Waals surface area contributed by atoms with Crippen LogP contribution in [0.2, 0.25) is 0 Å². The van der Waals surface area contributed by atoms with Crippen molar-refractivity contribution in [3.05, 3.63) is 34.4 Å². The van der Waals surface area contributed by atoms with Crippen molar-refractivity contribution in [2.75, 3.05) is 13.2 Å². The van der Waals surface area contributed by atoms with Crippen molar-refractivity contribution >= 4 is 5.97 Å². The highest BCUT2D eigenvalue weighted by molar-refractivity contribution is 5.89. The number of carbonyl (C=O) groups excluding carboxylic acids is 1. The summed E-state index contributed by atoms with van der Waals surface area (Å²) in [7, 11) is 1.94. The molecule has 0 unspecified atom stereocenters. The number of rotatable bonds is 6. The van der Waals surface area contributed by atoms with Crippen LogP contribution in [-0.2, 0) is 37.8 Å². The van der Waals surface area contributed by atoms with Gasteiger partial charge in [0, 0.05) is 62.7 Å². The number of hydrogen-bond acceptors (Lipinski definition) is 5. The van der Waals surface area contributed by atoms with Crippen LogP contribution in [0.5, 0.6) is 0 Å². The van der Waals surface area contributed by atoms with Crippen LogP contribution in [0.25, 0.3) is 0 Å². The molecule has 1 aliphatic heterocycles. The lowest BCUT2D eigenvalue weighted by Crippen LogP contribution is -2.31. The predicted molar refractivity (Wildman–Crippen MR) is 98.8 cm³/mol. The number of aryl methyl sites for hydroxylation is 2. The predicted octanol–water partition coefficient (Wildman–Crippen LogP) is 2.32. The van der Waals surface area contributed by atoms with Crippen molar-refractivity contribution in [3.8, 4) is 0 Å². The van der Waals surface area contributed by atoms with Gasteiger partial charge in [-0.2, -0.15) is 10.2 Å². The summed E-state index contributed by atoms with van der Waals surface area (Å²) < 4.78 is 9.11. The quantitative estimate of drug-likeness (QED) is 0.741. The van der Waals surface area contributed by atoms with E-state index in [1.54, 1.807) is 0 Å². The van der Waals surface area contributed by atoms with Gasteiger partial charge in [0.1, 0.15) is 0 Å². The van der Waals surface area contributed by atoms with Crippen molar-refractivity contribution in [3.63, 3.8) is 0 Å². The van der Waals surface area contributed by atoms with Gasteiger partial charge in [-0.3, -0.25) is 14.3 Å². The first-order valence-electron chi connectivity index (χ1n) is 9.36. The minimum atomic E-state index is -0.314. The highest BCUT2D eigenvalue weighted by Crippen LogP contribution is 2.25. The van der Waals surface area contributed by atoms with Crippen molar-refractivity contribution in [2.24, 2.45) is 13.0 Å². The average molecular weight is 359 g/mol. The van der Waals surface area contributed by atoms with Crippen LogP contribution in [-0.4, -0.2) is 43.6 Å². The third-order valence-corrected chi connectivity index (χ3v) is 4.73. The zero-order valence-corrected chi connectivity index (χ0v) is 16.4. The molecule has 0 fully saturated rings. The zero-order chi connectivity index (χ0) is 18.8. The summed E-state index contributed by atoms with van der Waals surface area (Å²) in [6.45, 7) is 11.9. The van der Waals surface area contributed by atoms with Crippen LogP contribution in [0, 0.1) is 12.8 Å². The second kappa shape index (κ2) is 7.61. The van der Waals surface area contributed by atoms with Crippen LogP contribution in [0.1, 0.15) is 53.8 Å². The number of ether oxygens (including phenoxy) is 1. The largest absolute Gasteiger partial charge is 0.461 e. The molecule has 0 saturated carbocycles. The molecule has 2 aromatic rings. The summed E-state index contributed by atoms with van der Waals surface area (Å²) >= 11 is 0. The standard InChI is InChI=1S/C19H29N5O2/c1-6-26-19(25)18-16-12-23(11-15-10-22(5)20-14(15)4)8-7-17(16)24(21-18)9-13(2)3/h10,13H,6-9,11-12H2,1-5H3. The Kier molecular flexibility index (Phi) is 5.46. The van der Waals surface area contributed by atoms with Crippen molar-refractivity contribution in [2.45, 2.75) is 53.8 Å². The molecule has 0 aromatic carbocycles. The molecule has 7 nitrogen and oxygen atoms in total. The lowest BCUT2D eigenvalue weighted by Gasteiger charge is -2.27. The Hall–Kier alpha value is -2.15. The summed E-state index contributed by atoms with van der Waals surface area (Å²) in [5, 5.41) is 9.04. The molecule has 3 heterocycles. The molecule has 0 atom stereocenters. The Bertz CT molecular complexity index is 790. The Labute approximate surface area is 154 Å². The number of esters is 1. The van der Waals surface area contributed by atoms with Gasteiger partial charge in [0.05, 0.1) is 12.3 Å². The van der Waals surface area contributed by atoms with Gasteiger partial charge in [0.2, 0.25) is 0 Å². The molecule has 0 bridgehead atoms. The monoisotopic (exact) mass is 359 g/mol. The highest BCUT2D eigenvalue weighted by Gasteiger charge is 2.29. The Morgan fingerprint density at radius 1 is 1.35 bits per heavy atom. The molecule has 26 heavy (non-hydrogen) atoms. The van der Waals surface area contributed by atoms with E-state index in [9.17, 15) is 4.79 Å². The minimum absolute atomic E-state index is 0.314. The number of fused-ring (bicyclic) bond motifs is 1. The molecule has 0 spiro atoms. The molecule has 0 radical (unpaired) electrons. The lowest BCUT2D eigenvalue weighted by atomic mass is 10.0. The van der Waals surface area contributed by atoms with Gasteiger partial charge in [-0.25, -0.2) is 4.79 Å². The molecular formula is C19H29N5O2. The van der Waals surface area contributed by atoms with Crippen molar-refractivity contribution in [1.29, 1.82) is 0 Å². The van der Waals surface area contributed by atoms with Crippen LogP contribution in [0.15, 0.2) is 6.20 Å². The topological polar surface area (TPSA) is 65.2 Å². The third-order valence-electron chi connectivity index (χ3n) is 4.73. The summed E-state index contributed by atoms with van der Waals surface area (Å²) in [4.78, 5) is 14.8. The molecule has 0 aliphatic carbocycles. The smallest absolute Gasteiger partial charge is 0.359 e. The van der Waals surface area contributed by atoms with Gasteiger partial charge in [0.15, 0.2) is 5.69 Å². The number of nitrogens with zero attached hydrogens (tertiary/aromatic N) is 5. The van der Waals surface area contributed by atoms with E-state index < -0.39 is 0 Å². The maximum Gasteiger partial charge on any atom is 0.359 e. The minimum Gasteiger partial charge on any atom is -0.461 e. The van der Waals surface area contributed by atoms with Gasteiger partial charge in [-0.15, -0.1) is 0 Å². The van der Waals surface area contributed by atoms with E-state index in [1.165, 1.54) is 11.3 Å². The first-order chi connectivity index (χ1) is 12.4. The van der Waals surface area contributed by atoms with Gasteiger partial charge in [-0.05, 0) is 19.8 Å². The number of carbonyl (C=O) groups is 1. The molecule has 3 rings (SSSR count). The molecular weight excluding hydrogens is 330 g/mol. The first-order valence-corrected chi connectivity index (χ1v) is 9.36. The number of aromatic nitrogens is 4. The van der Waals surface area contributed by atoms with Gasteiger partial charge >= 0.3 is 5.97 Å². The lowest BCUT2D eigenvalue weighted by molar-refractivity contribution is 0.0515. The average Bonchev–Trinajstić information content (AvgIpc) is 3.07. The second-order valence-electron chi connectivity index (χ2n) is 7.44. The summed E-state index contributed by atoms with van der Waals surface area (Å²) in [6.07, 6.45) is 2.97. The maximum absolute atomic E-state index is 12.4. The summed E-state index contributed by atoms with van der Waals surface area (Å²) in [5.74, 6) is 0.163. The van der Waals surface area contributed by atoms with Crippen molar-refractivity contribution < 1.29 is 9.53 Å². The van der Waals surface area contributed by atoms with E-state index >= 15 is 0 Å². The molecule has 142 valence electrons. The van der Waals surface area contributed by atoms with Gasteiger partial charge in [-0.1, -0.05) is 13.8 Å². The van der Waals surface area contributed by atoms with Crippen LogP contribution in [0.4, 0.5) is 0 Å². The molecule has 0 N–H and O–H groups in total. The summed E-state index contributed by atoms with van der Waals surface area (Å²) in [5.41, 5.74) is 4.97. The normalized spacial score (nSPS) is 14.7. The molecule has 7 heteroatoms. The van der Waals surface area contributed by atoms with E-state index in [4.69, 9.17) is 4.74 Å². The van der Waals surface area contributed by atoms with Crippen molar-refractivity contribution in [1.82, 2.24) is 24.5 Å². The van der Waals surface area contributed by atoms with Gasteiger partial charge in [0.25, 0.3) is 0 Å². The highest BCUT2D eigenvalue weighted by atomic mass is 16.5. The molecule has 1 aliphatic rings. The van der Waals surface area contributed by atoms with E-state index in [-0.39, 0.29) is 5.97 Å². The molecule has 0 saturated heterocycles. The maximum atomic E-state index is 12.4. The Morgan fingerprint density at radius 2 is 2.12 bits per heavy atom. The van der Waals surface area contributed by atoms with E-state index in [0.717, 1.165) is 43.9 Å². The summed E-state index contributed by atoms with van der Waals surface area (Å²) in [6, 6.07) is 0. The van der Waals surface area contributed by atoms with E-state index in [2.05, 4.69) is 35.1 Å². The fraction of sp³-hybridized carbons (Fsp3) is 0.632. The Morgan fingerprint density at radius 3 is 2.73 bits per heavy atom. The van der Waals surface area contributed by atoms with Gasteiger partial charge < -0.3 is 4.74 Å². The fourth-order valence-electron chi connectivity index (χ4n) is 3.59. The van der Waals surface area contributed by atoms with E-state index in [1.807, 2.05) is 30.3 Å².